The van der Waals surface area contributed by atoms with Gasteiger partial charge in [0.1, 0.15) is 13.1 Å². The summed E-state index contributed by atoms with van der Waals surface area (Å²) >= 11 is 0. The van der Waals surface area contributed by atoms with E-state index in [0.29, 0.717) is 12.8 Å². The van der Waals surface area contributed by atoms with Crippen LogP contribution in [0.1, 0.15) is 199 Å². The van der Waals surface area contributed by atoms with Crippen LogP contribution in [0.25, 0.3) is 0 Å². The molecule has 0 heterocycles. The van der Waals surface area contributed by atoms with E-state index in [1.165, 1.54) is 116 Å². The van der Waals surface area contributed by atoms with E-state index in [0.717, 1.165) is 38.5 Å². The third kappa shape index (κ3) is 31.2. The molecule has 0 amide bonds. The van der Waals surface area contributed by atoms with Crippen LogP contribution < -0.4 is 0 Å². The summed E-state index contributed by atoms with van der Waals surface area (Å²) in [7, 11) is 0. The van der Waals surface area contributed by atoms with Crippen molar-refractivity contribution in [2.24, 2.45) is 0 Å². The number of carbonyl (C=O) groups excluding carboxylic acids is 2. The molecule has 0 atom stereocenters. The number of hydrogen-bond donors (Lipinski definition) is 0. The van der Waals surface area contributed by atoms with Gasteiger partial charge in [0, 0.05) is 12.8 Å². The van der Waals surface area contributed by atoms with Crippen molar-refractivity contribution >= 4 is 11.9 Å². The Labute approximate surface area is 243 Å². The highest BCUT2D eigenvalue weighted by atomic mass is 16.6. The molecule has 0 saturated carbocycles. The summed E-state index contributed by atoms with van der Waals surface area (Å²) in [4.78, 5) is 24.3. The van der Waals surface area contributed by atoms with Crippen molar-refractivity contribution in [3.8, 4) is 0 Å². The van der Waals surface area contributed by atoms with Gasteiger partial charge in [-0.25, -0.2) is 0 Å². The molecule has 4 nitrogen and oxygen atoms in total. The molecule has 0 spiro atoms. The highest BCUT2D eigenvalue weighted by molar-refractivity contribution is 5.70. The van der Waals surface area contributed by atoms with E-state index in [4.69, 9.17) is 15.0 Å². The largest absolute Gasteiger partial charge is 0.462 e. The minimum Gasteiger partial charge on any atom is -0.462 e. The molecule has 0 aliphatic rings. The van der Waals surface area contributed by atoms with Gasteiger partial charge in [0.15, 0.2) is 0 Å². The topological polar surface area (TPSA) is 52.6 Å². The highest BCUT2D eigenvalue weighted by Gasteiger charge is 2.06. The van der Waals surface area contributed by atoms with Crippen LogP contribution in [0.15, 0.2) is 0 Å². The molecule has 226 valence electrons. The molecule has 38 heavy (non-hydrogen) atoms. The zero-order valence-electron chi connectivity index (χ0n) is 29.4. The van der Waals surface area contributed by atoms with Crippen molar-refractivity contribution in [2.45, 2.75) is 194 Å². The van der Waals surface area contributed by atoms with E-state index >= 15 is 0 Å². The average molecular weight is 543 g/mol. The molecule has 0 fully saturated rings. The van der Waals surface area contributed by atoms with Crippen LogP contribution >= 0.6 is 0 Å². The van der Waals surface area contributed by atoms with Crippen LogP contribution in [0.4, 0.5) is 0 Å². The molecule has 0 N–H and O–H groups in total. The Hall–Kier alpha value is -1.06. The lowest BCUT2D eigenvalue weighted by Crippen LogP contribution is -2.13. The van der Waals surface area contributed by atoms with Crippen molar-refractivity contribution < 1.29 is 24.5 Å². The Balaban J connectivity index is 3.84. The second-order valence-corrected chi connectivity index (χ2v) is 11.1. The maximum absolute atomic E-state index is 12.1. The molecule has 0 rings (SSSR count). The van der Waals surface area contributed by atoms with Crippen molar-refractivity contribution in [3.05, 3.63) is 0 Å². The molecule has 0 aromatic heterocycles. The smallest absolute Gasteiger partial charge is 0.305 e. The minimum atomic E-state index is -3.04. The summed E-state index contributed by atoms with van der Waals surface area (Å²) in [6, 6.07) is 0. The second-order valence-electron chi connectivity index (χ2n) is 11.1. The summed E-state index contributed by atoms with van der Waals surface area (Å²) in [6.07, 6.45) is 30.7. The van der Waals surface area contributed by atoms with Crippen molar-refractivity contribution in [1.29, 1.82) is 0 Å². The van der Waals surface area contributed by atoms with Gasteiger partial charge >= 0.3 is 11.9 Å². The maximum atomic E-state index is 12.1. The fraction of sp³-hybridized carbons (Fsp3) is 0.941. The van der Waals surface area contributed by atoms with Gasteiger partial charge < -0.3 is 9.47 Å². The van der Waals surface area contributed by atoms with Crippen LogP contribution in [-0.2, 0) is 19.1 Å². The number of rotatable bonds is 31. The van der Waals surface area contributed by atoms with Crippen LogP contribution in [0.2, 0.25) is 0 Å². The predicted octanol–water partition coefficient (Wildman–Crippen LogP) is 11.0. The van der Waals surface area contributed by atoms with E-state index in [1.807, 2.05) is 0 Å². The summed E-state index contributed by atoms with van der Waals surface area (Å²) in [5.74, 6) is -1.61. The standard InChI is InChI=1S/C34H66O4/c1-3-5-7-9-11-13-15-17-19-21-23-25-27-29-33(35)37-31-32-38-34(36)30-28-26-24-22-20-18-16-14-12-10-8-6-4-2/h3-32H2,1-2H3/i31D2,32D2. The van der Waals surface area contributed by atoms with Gasteiger partial charge in [0.25, 0.3) is 0 Å². The molecule has 0 radical (unpaired) electrons. The Morgan fingerprint density at radius 3 is 0.842 bits per heavy atom. The lowest BCUT2D eigenvalue weighted by molar-refractivity contribution is -0.152. The normalized spacial score (nSPS) is 13.4. The van der Waals surface area contributed by atoms with Gasteiger partial charge in [-0.3, -0.25) is 9.59 Å². The fourth-order valence-corrected chi connectivity index (χ4v) is 4.83. The molecule has 0 aromatic carbocycles. The van der Waals surface area contributed by atoms with Crippen LogP contribution in [0.3, 0.4) is 0 Å². The van der Waals surface area contributed by atoms with E-state index in [2.05, 4.69) is 13.8 Å². The Kier molecular flexibility index (Phi) is 25.3. The van der Waals surface area contributed by atoms with Crippen LogP contribution in [0, 0.1) is 0 Å². The number of ether oxygens (including phenoxy) is 2. The number of hydrogen-bond acceptors (Lipinski definition) is 4. The van der Waals surface area contributed by atoms with E-state index in [9.17, 15) is 9.59 Å². The van der Waals surface area contributed by atoms with Crippen LogP contribution in [0.5, 0.6) is 0 Å². The van der Waals surface area contributed by atoms with Crippen LogP contribution in [-0.4, -0.2) is 25.1 Å². The van der Waals surface area contributed by atoms with E-state index in [-0.39, 0.29) is 12.8 Å². The third-order valence-corrected chi connectivity index (χ3v) is 7.34. The maximum Gasteiger partial charge on any atom is 0.305 e. The number of esters is 2. The molecule has 0 unspecified atom stereocenters. The summed E-state index contributed by atoms with van der Waals surface area (Å²) in [5.41, 5.74) is 0. The lowest BCUT2D eigenvalue weighted by Gasteiger charge is -2.07. The van der Waals surface area contributed by atoms with Gasteiger partial charge in [-0.1, -0.05) is 168 Å². The Morgan fingerprint density at radius 2 is 0.605 bits per heavy atom. The fourth-order valence-electron chi connectivity index (χ4n) is 4.83. The predicted molar refractivity (Wildman–Crippen MR) is 163 cm³/mol. The molecular formula is C34H66O4. The van der Waals surface area contributed by atoms with Crippen molar-refractivity contribution in [2.75, 3.05) is 13.1 Å². The monoisotopic (exact) mass is 543 g/mol. The molecular weight excluding hydrogens is 472 g/mol. The molecule has 0 aromatic rings. The van der Waals surface area contributed by atoms with Gasteiger partial charge in [-0.15, -0.1) is 0 Å². The zero-order chi connectivity index (χ0) is 31.4. The third-order valence-electron chi connectivity index (χ3n) is 7.34. The van der Waals surface area contributed by atoms with Crippen molar-refractivity contribution in [1.82, 2.24) is 0 Å². The zero-order valence-corrected chi connectivity index (χ0v) is 25.4. The first-order valence-electron chi connectivity index (χ1n) is 18.6. The van der Waals surface area contributed by atoms with Gasteiger partial charge in [0.05, 0.1) is 5.48 Å². The highest BCUT2D eigenvalue weighted by Crippen LogP contribution is 2.14. The summed E-state index contributed by atoms with van der Waals surface area (Å²) in [6.45, 7) is -1.60. The van der Waals surface area contributed by atoms with Gasteiger partial charge in [0.2, 0.25) is 0 Å². The second kappa shape index (κ2) is 32.2. The summed E-state index contributed by atoms with van der Waals surface area (Å²) in [5, 5.41) is 0. The molecule has 0 aliphatic heterocycles. The Bertz CT molecular complexity index is 589. The molecule has 4 heteroatoms. The summed E-state index contributed by atoms with van der Waals surface area (Å²) < 4.78 is 41.1. The molecule has 0 aliphatic carbocycles. The Morgan fingerprint density at radius 1 is 0.395 bits per heavy atom. The quantitative estimate of drug-likeness (QED) is 0.0645. The lowest BCUT2D eigenvalue weighted by atomic mass is 10.0. The first-order valence-corrected chi connectivity index (χ1v) is 16.6. The first-order chi connectivity index (χ1) is 20.2. The van der Waals surface area contributed by atoms with Gasteiger partial charge in [-0.05, 0) is 12.8 Å². The molecule has 0 saturated heterocycles. The number of carbonyl (C=O) groups is 2. The van der Waals surface area contributed by atoms with E-state index in [1.54, 1.807) is 0 Å². The van der Waals surface area contributed by atoms with E-state index < -0.39 is 25.1 Å². The minimum absolute atomic E-state index is 0.0280. The molecule has 0 bridgehead atoms. The number of unbranched alkanes of at least 4 members (excludes halogenated alkanes) is 24. The SMILES string of the molecule is [2H]C([2H])(OC(=O)CCCCCCCCCCCCCCC)C([2H])([2H])OC(=O)CCCCCCCCCCCCCCC. The van der Waals surface area contributed by atoms with Gasteiger partial charge in [-0.2, -0.15) is 0 Å². The van der Waals surface area contributed by atoms with Crippen molar-refractivity contribution in [3.63, 3.8) is 0 Å². The average Bonchev–Trinajstić information content (AvgIpc) is 2.93. The first kappa shape index (κ1) is 29.9.